The fourth-order valence-corrected chi connectivity index (χ4v) is 4.44. The fourth-order valence-electron chi connectivity index (χ4n) is 3.35. The molecule has 2 aromatic rings. The number of aromatic nitrogens is 3. The van der Waals surface area contributed by atoms with E-state index in [4.69, 9.17) is 4.98 Å². The quantitative estimate of drug-likeness (QED) is 0.884. The lowest BCUT2D eigenvalue weighted by atomic mass is 9.96. The smallest absolute Gasteiger partial charge is 0.183 e. The lowest BCUT2D eigenvalue weighted by Gasteiger charge is -2.22. The van der Waals surface area contributed by atoms with Crippen LogP contribution in [0.2, 0.25) is 0 Å². The van der Waals surface area contributed by atoms with Crippen LogP contribution in [0.1, 0.15) is 49.1 Å². The van der Waals surface area contributed by atoms with Gasteiger partial charge in [-0.3, -0.25) is 5.10 Å². The Morgan fingerprint density at radius 3 is 2.95 bits per heavy atom. The van der Waals surface area contributed by atoms with E-state index in [0.29, 0.717) is 6.04 Å². The number of rotatable bonds is 2. The third-order valence-corrected chi connectivity index (χ3v) is 5.48. The summed E-state index contributed by atoms with van der Waals surface area (Å²) in [6.45, 7) is 0. The Labute approximate surface area is 123 Å². The zero-order valence-corrected chi connectivity index (χ0v) is 12.4. The first-order chi connectivity index (χ1) is 9.90. The van der Waals surface area contributed by atoms with E-state index in [2.05, 4.69) is 15.5 Å². The number of anilines is 1. The third-order valence-electron chi connectivity index (χ3n) is 4.43. The summed E-state index contributed by atoms with van der Waals surface area (Å²) >= 11 is 1.85. The van der Waals surface area contributed by atoms with Crippen molar-refractivity contribution in [3.8, 4) is 11.3 Å². The molecule has 106 valence electrons. The SMILES string of the molecule is c1n[nH]c2c1-c1nc(NC3CCCCC3)sc1CCC2. The van der Waals surface area contributed by atoms with Crippen LogP contribution in [-0.4, -0.2) is 21.2 Å². The zero-order valence-electron chi connectivity index (χ0n) is 11.6. The van der Waals surface area contributed by atoms with E-state index in [1.54, 1.807) is 0 Å². The molecule has 4 nitrogen and oxygen atoms in total. The molecule has 20 heavy (non-hydrogen) atoms. The van der Waals surface area contributed by atoms with E-state index < -0.39 is 0 Å². The van der Waals surface area contributed by atoms with Crippen LogP contribution in [0.5, 0.6) is 0 Å². The molecule has 0 spiro atoms. The second kappa shape index (κ2) is 5.20. The molecule has 4 rings (SSSR count). The number of thiazole rings is 1. The van der Waals surface area contributed by atoms with E-state index in [1.165, 1.54) is 54.7 Å². The molecular formula is C15H20N4S. The summed E-state index contributed by atoms with van der Waals surface area (Å²) in [7, 11) is 0. The lowest BCUT2D eigenvalue weighted by Crippen LogP contribution is -2.21. The van der Waals surface area contributed by atoms with Crippen molar-refractivity contribution >= 4 is 16.5 Å². The maximum Gasteiger partial charge on any atom is 0.183 e. The molecular weight excluding hydrogens is 268 g/mol. The molecule has 2 aromatic heterocycles. The van der Waals surface area contributed by atoms with E-state index in [0.717, 1.165) is 23.7 Å². The van der Waals surface area contributed by atoms with E-state index >= 15 is 0 Å². The molecule has 1 fully saturated rings. The number of nitrogens with one attached hydrogen (secondary N) is 2. The third kappa shape index (κ3) is 2.24. The van der Waals surface area contributed by atoms with Crippen molar-refractivity contribution in [3.63, 3.8) is 0 Å². The molecule has 5 heteroatoms. The maximum atomic E-state index is 4.87. The average molecular weight is 288 g/mol. The number of hydrogen-bond donors (Lipinski definition) is 2. The molecule has 2 aliphatic carbocycles. The van der Waals surface area contributed by atoms with Gasteiger partial charge in [0, 0.05) is 22.2 Å². The summed E-state index contributed by atoms with van der Waals surface area (Å²) in [5, 5.41) is 12.1. The molecule has 0 bridgehead atoms. The number of fused-ring (bicyclic) bond motifs is 3. The number of aromatic amines is 1. The van der Waals surface area contributed by atoms with Crippen molar-refractivity contribution in [1.82, 2.24) is 15.2 Å². The average Bonchev–Trinajstić information content (AvgIpc) is 3.04. The maximum absolute atomic E-state index is 4.87. The predicted molar refractivity (Wildman–Crippen MR) is 82.2 cm³/mol. The Hall–Kier alpha value is -1.36. The number of nitrogens with zero attached hydrogens (tertiary/aromatic N) is 2. The van der Waals surface area contributed by atoms with Crippen molar-refractivity contribution in [2.75, 3.05) is 5.32 Å². The minimum atomic E-state index is 0.627. The van der Waals surface area contributed by atoms with Crippen molar-refractivity contribution < 1.29 is 0 Å². The molecule has 0 aromatic carbocycles. The molecule has 1 saturated carbocycles. The summed E-state index contributed by atoms with van der Waals surface area (Å²) < 4.78 is 0. The fraction of sp³-hybridized carbons (Fsp3) is 0.600. The minimum absolute atomic E-state index is 0.627. The van der Waals surface area contributed by atoms with Crippen LogP contribution >= 0.6 is 11.3 Å². The number of hydrogen-bond acceptors (Lipinski definition) is 4. The van der Waals surface area contributed by atoms with Crippen molar-refractivity contribution in [2.45, 2.75) is 57.4 Å². The van der Waals surface area contributed by atoms with Crippen LogP contribution in [0.25, 0.3) is 11.3 Å². The Balaban J connectivity index is 1.61. The second-order valence-electron chi connectivity index (χ2n) is 5.89. The van der Waals surface area contributed by atoms with Crippen molar-refractivity contribution in [3.05, 3.63) is 16.8 Å². The van der Waals surface area contributed by atoms with Gasteiger partial charge in [0.15, 0.2) is 5.13 Å². The van der Waals surface area contributed by atoms with Gasteiger partial charge in [-0.15, -0.1) is 11.3 Å². The van der Waals surface area contributed by atoms with Crippen molar-refractivity contribution in [2.24, 2.45) is 0 Å². The van der Waals surface area contributed by atoms with Gasteiger partial charge < -0.3 is 5.32 Å². The second-order valence-corrected chi connectivity index (χ2v) is 6.97. The highest BCUT2D eigenvalue weighted by Crippen LogP contribution is 2.37. The molecule has 2 N–H and O–H groups in total. The van der Waals surface area contributed by atoms with Gasteiger partial charge >= 0.3 is 0 Å². The van der Waals surface area contributed by atoms with Crippen LogP contribution in [0.3, 0.4) is 0 Å². The molecule has 0 amide bonds. The van der Waals surface area contributed by atoms with Gasteiger partial charge in [0.2, 0.25) is 0 Å². The van der Waals surface area contributed by atoms with Crippen LogP contribution in [0, 0.1) is 0 Å². The summed E-state index contributed by atoms with van der Waals surface area (Å²) in [5.74, 6) is 0. The Kier molecular flexibility index (Phi) is 3.22. The first-order valence-corrected chi connectivity index (χ1v) is 8.50. The van der Waals surface area contributed by atoms with Crippen LogP contribution in [-0.2, 0) is 12.8 Å². The van der Waals surface area contributed by atoms with Gasteiger partial charge in [-0.2, -0.15) is 5.10 Å². The summed E-state index contributed by atoms with van der Waals surface area (Å²) in [6, 6.07) is 0.627. The Morgan fingerprint density at radius 1 is 1.15 bits per heavy atom. The van der Waals surface area contributed by atoms with E-state index in [-0.39, 0.29) is 0 Å². The highest BCUT2D eigenvalue weighted by molar-refractivity contribution is 7.16. The Bertz CT molecular complexity index is 595. The molecule has 0 unspecified atom stereocenters. The summed E-state index contributed by atoms with van der Waals surface area (Å²) in [6.07, 6.45) is 12.0. The van der Waals surface area contributed by atoms with Gasteiger partial charge in [-0.1, -0.05) is 19.3 Å². The first-order valence-electron chi connectivity index (χ1n) is 7.69. The topological polar surface area (TPSA) is 53.6 Å². The molecule has 2 aliphatic rings. The standard InChI is InChI=1S/C15H20N4S/c1-2-5-10(6-3-1)17-15-18-14-11-9-16-19-12(11)7-4-8-13(14)20-15/h9-10H,1-8H2,(H,16,19)(H,17,18). The van der Waals surface area contributed by atoms with E-state index in [1.807, 2.05) is 17.5 Å². The summed E-state index contributed by atoms with van der Waals surface area (Å²) in [4.78, 5) is 6.29. The monoisotopic (exact) mass is 288 g/mol. The normalized spacial score (nSPS) is 19.2. The number of aryl methyl sites for hydroxylation is 2. The van der Waals surface area contributed by atoms with Crippen molar-refractivity contribution in [1.29, 1.82) is 0 Å². The lowest BCUT2D eigenvalue weighted by molar-refractivity contribution is 0.462. The van der Waals surface area contributed by atoms with Gasteiger partial charge in [0.05, 0.1) is 11.9 Å². The van der Waals surface area contributed by atoms with Gasteiger partial charge in [0.1, 0.15) is 0 Å². The largest absolute Gasteiger partial charge is 0.359 e. The molecule has 0 radical (unpaired) electrons. The highest BCUT2D eigenvalue weighted by atomic mass is 32.1. The first kappa shape index (κ1) is 12.4. The van der Waals surface area contributed by atoms with Crippen LogP contribution in [0.4, 0.5) is 5.13 Å². The molecule has 0 saturated heterocycles. The summed E-state index contributed by atoms with van der Waals surface area (Å²) in [5.41, 5.74) is 3.62. The molecule has 0 atom stereocenters. The van der Waals surface area contributed by atoms with Gasteiger partial charge in [-0.05, 0) is 32.1 Å². The highest BCUT2D eigenvalue weighted by Gasteiger charge is 2.22. The number of H-pyrrole nitrogens is 1. The van der Waals surface area contributed by atoms with Crippen LogP contribution < -0.4 is 5.32 Å². The van der Waals surface area contributed by atoms with Crippen LogP contribution in [0.15, 0.2) is 6.20 Å². The van der Waals surface area contributed by atoms with Gasteiger partial charge in [-0.25, -0.2) is 4.98 Å². The zero-order chi connectivity index (χ0) is 13.4. The van der Waals surface area contributed by atoms with Gasteiger partial charge in [0.25, 0.3) is 0 Å². The Morgan fingerprint density at radius 2 is 2.05 bits per heavy atom. The molecule has 2 heterocycles. The molecule has 0 aliphatic heterocycles. The minimum Gasteiger partial charge on any atom is -0.359 e. The predicted octanol–water partition coefficient (Wildman–Crippen LogP) is 3.77. The van der Waals surface area contributed by atoms with E-state index in [9.17, 15) is 0 Å².